The van der Waals surface area contributed by atoms with E-state index in [-0.39, 0.29) is 0 Å². The molecule has 0 aliphatic carbocycles. The molecule has 1 fully saturated rings. The van der Waals surface area contributed by atoms with Crippen LogP contribution in [0.2, 0.25) is 0 Å². The van der Waals surface area contributed by atoms with E-state index in [1.54, 1.807) is 0 Å². The van der Waals surface area contributed by atoms with Crippen LogP contribution in [0.3, 0.4) is 0 Å². The molecule has 2 rings (SSSR count). The second-order valence-corrected chi connectivity index (χ2v) is 4.54. The molecule has 0 atom stereocenters. The predicted octanol–water partition coefficient (Wildman–Crippen LogP) is 3.74. The molecule has 1 saturated heterocycles. The highest BCUT2D eigenvalue weighted by Crippen LogP contribution is 2.28. The number of nitrogens with one attached hydrogen (secondary N) is 1. The summed E-state index contributed by atoms with van der Waals surface area (Å²) in [7, 11) is 0. The van der Waals surface area contributed by atoms with Crippen molar-refractivity contribution in [3.63, 3.8) is 0 Å². The van der Waals surface area contributed by atoms with Gasteiger partial charge in [0.05, 0.1) is 0 Å². The van der Waals surface area contributed by atoms with Crippen molar-refractivity contribution in [2.75, 3.05) is 13.1 Å². The number of hydrogen-bond donors (Lipinski definition) is 1. The number of hydrogen-bond acceptors (Lipinski definition) is 1. The molecule has 0 unspecified atom stereocenters. The number of rotatable bonds is 3. The lowest BCUT2D eigenvalue weighted by Gasteiger charge is -2.24. The van der Waals surface area contributed by atoms with Gasteiger partial charge in [-0.3, -0.25) is 0 Å². The molecule has 0 amide bonds. The Kier molecular flexibility index (Phi) is 4.57. The molecule has 0 radical (unpaired) electrons. The van der Waals surface area contributed by atoms with Crippen molar-refractivity contribution in [3.05, 3.63) is 53.6 Å². The molecule has 1 aliphatic rings. The van der Waals surface area contributed by atoms with Gasteiger partial charge in [-0.05, 0) is 49.9 Å². The Hall–Kier alpha value is -1.34. The highest BCUT2D eigenvalue weighted by atomic mass is 14.9. The number of piperidine rings is 1. The second kappa shape index (κ2) is 6.41. The van der Waals surface area contributed by atoms with Crippen LogP contribution in [0.5, 0.6) is 0 Å². The minimum Gasteiger partial charge on any atom is -0.317 e. The largest absolute Gasteiger partial charge is 0.317 e. The van der Waals surface area contributed by atoms with Gasteiger partial charge in [0.25, 0.3) is 0 Å². The number of allylic oxidation sites excluding steroid dienone is 3. The first-order chi connectivity index (χ1) is 8.42. The van der Waals surface area contributed by atoms with Crippen LogP contribution in [0.1, 0.15) is 36.8 Å². The molecule has 1 heterocycles. The summed E-state index contributed by atoms with van der Waals surface area (Å²) in [4.78, 5) is 0. The van der Waals surface area contributed by atoms with Crippen LogP contribution in [0, 0.1) is 0 Å². The maximum Gasteiger partial charge on any atom is -0.00431 e. The molecule has 1 aromatic rings. The lowest BCUT2D eigenvalue weighted by atomic mass is 9.87. The van der Waals surface area contributed by atoms with Crippen molar-refractivity contribution in [2.45, 2.75) is 25.7 Å². The second-order valence-electron chi connectivity index (χ2n) is 4.54. The smallest absolute Gasteiger partial charge is 0.00431 e. The quantitative estimate of drug-likeness (QED) is 0.776. The monoisotopic (exact) mass is 227 g/mol. The van der Waals surface area contributed by atoms with E-state index >= 15 is 0 Å². The van der Waals surface area contributed by atoms with Gasteiger partial charge in [-0.25, -0.2) is 0 Å². The number of benzene rings is 1. The zero-order valence-corrected chi connectivity index (χ0v) is 10.5. The Morgan fingerprint density at radius 1 is 1.12 bits per heavy atom. The van der Waals surface area contributed by atoms with Crippen molar-refractivity contribution >= 4 is 6.08 Å². The Morgan fingerprint density at radius 2 is 1.88 bits per heavy atom. The van der Waals surface area contributed by atoms with E-state index in [9.17, 15) is 0 Å². The molecular formula is C16H21N. The highest BCUT2D eigenvalue weighted by Gasteiger charge is 2.16. The Balaban J connectivity index is 2.20. The normalized spacial score (nSPS) is 18.2. The molecular weight excluding hydrogens is 206 g/mol. The van der Waals surface area contributed by atoms with Crippen molar-refractivity contribution in [1.29, 1.82) is 0 Å². The molecule has 1 aliphatic heterocycles. The maximum absolute atomic E-state index is 3.43. The minimum atomic E-state index is 0.725. The Morgan fingerprint density at radius 3 is 2.65 bits per heavy atom. The lowest BCUT2D eigenvalue weighted by molar-refractivity contribution is 0.460. The third-order valence-electron chi connectivity index (χ3n) is 3.35. The fourth-order valence-electron chi connectivity index (χ4n) is 2.44. The molecule has 1 nitrogen and oxygen atoms in total. The van der Waals surface area contributed by atoms with Crippen LogP contribution >= 0.6 is 0 Å². The molecule has 0 bridgehead atoms. The van der Waals surface area contributed by atoms with Crippen molar-refractivity contribution in [2.24, 2.45) is 0 Å². The molecule has 0 saturated carbocycles. The summed E-state index contributed by atoms with van der Waals surface area (Å²) in [6, 6.07) is 8.78. The maximum atomic E-state index is 3.43. The van der Waals surface area contributed by atoms with E-state index in [1.807, 2.05) is 6.92 Å². The summed E-state index contributed by atoms with van der Waals surface area (Å²) < 4.78 is 0. The van der Waals surface area contributed by atoms with Gasteiger partial charge >= 0.3 is 0 Å². The van der Waals surface area contributed by atoms with Gasteiger partial charge in [0.15, 0.2) is 0 Å². The standard InChI is InChI=1S/C16H21N/c1-2-3-4-7-14-8-5-6-9-16(14)15-10-12-17-13-11-15/h2-9,15,17H,10-13H2,1H3. The van der Waals surface area contributed by atoms with Crippen LogP contribution < -0.4 is 5.32 Å². The van der Waals surface area contributed by atoms with Crippen LogP contribution in [-0.2, 0) is 0 Å². The summed E-state index contributed by atoms with van der Waals surface area (Å²) in [6.45, 7) is 4.35. The minimum absolute atomic E-state index is 0.725. The Bertz CT molecular complexity index is 398. The summed E-state index contributed by atoms with van der Waals surface area (Å²) in [5.74, 6) is 0.725. The van der Waals surface area contributed by atoms with Gasteiger partial charge < -0.3 is 5.32 Å². The van der Waals surface area contributed by atoms with Gasteiger partial charge in [0, 0.05) is 0 Å². The summed E-state index contributed by atoms with van der Waals surface area (Å²) in [5, 5.41) is 3.43. The summed E-state index contributed by atoms with van der Waals surface area (Å²) in [6.07, 6.45) is 11.0. The zero-order valence-electron chi connectivity index (χ0n) is 10.5. The molecule has 90 valence electrons. The SMILES string of the molecule is CC=CC=Cc1ccccc1C1CCNCC1. The topological polar surface area (TPSA) is 12.0 Å². The van der Waals surface area contributed by atoms with Crippen LogP contribution in [-0.4, -0.2) is 13.1 Å². The van der Waals surface area contributed by atoms with Crippen LogP contribution in [0.4, 0.5) is 0 Å². The first-order valence-corrected chi connectivity index (χ1v) is 6.51. The van der Waals surface area contributed by atoms with Gasteiger partial charge in [0.1, 0.15) is 0 Å². The van der Waals surface area contributed by atoms with E-state index in [2.05, 4.69) is 53.9 Å². The Labute approximate surface area is 104 Å². The van der Waals surface area contributed by atoms with Crippen molar-refractivity contribution < 1.29 is 0 Å². The molecule has 0 spiro atoms. The third kappa shape index (κ3) is 3.31. The van der Waals surface area contributed by atoms with E-state index in [0.29, 0.717) is 0 Å². The van der Waals surface area contributed by atoms with Crippen LogP contribution in [0.15, 0.2) is 42.5 Å². The van der Waals surface area contributed by atoms with Crippen molar-refractivity contribution in [1.82, 2.24) is 5.32 Å². The average molecular weight is 227 g/mol. The van der Waals surface area contributed by atoms with Crippen molar-refractivity contribution in [3.8, 4) is 0 Å². The third-order valence-corrected chi connectivity index (χ3v) is 3.35. The van der Waals surface area contributed by atoms with Gasteiger partial charge in [-0.1, -0.05) is 48.6 Å². The van der Waals surface area contributed by atoms with Crippen LogP contribution in [0.25, 0.3) is 6.08 Å². The van der Waals surface area contributed by atoms with E-state index in [1.165, 1.54) is 24.0 Å². The first-order valence-electron chi connectivity index (χ1n) is 6.51. The fraction of sp³-hybridized carbons (Fsp3) is 0.375. The molecule has 1 aromatic carbocycles. The summed E-state index contributed by atoms with van der Waals surface area (Å²) in [5.41, 5.74) is 2.88. The zero-order chi connectivity index (χ0) is 11.9. The summed E-state index contributed by atoms with van der Waals surface area (Å²) >= 11 is 0. The molecule has 1 N–H and O–H groups in total. The van der Waals surface area contributed by atoms with Gasteiger partial charge in [-0.15, -0.1) is 0 Å². The van der Waals surface area contributed by atoms with E-state index in [4.69, 9.17) is 0 Å². The molecule has 17 heavy (non-hydrogen) atoms. The van der Waals surface area contributed by atoms with E-state index in [0.717, 1.165) is 19.0 Å². The van der Waals surface area contributed by atoms with Gasteiger partial charge in [-0.2, -0.15) is 0 Å². The lowest BCUT2D eigenvalue weighted by Crippen LogP contribution is -2.26. The predicted molar refractivity (Wildman–Crippen MR) is 75.1 cm³/mol. The first kappa shape index (κ1) is 12.1. The molecule has 1 heteroatoms. The highest BCUT2D eigenvalue weighted by molar-refractivity contribution is 5.56. The molecule has 0 aromatic heterocycles. The average Bonchev–Trinajstić information content (AvgIpc) is 2.41. The fourth-order valence-corrected chi connectivity index (χ4v) is 2.44. The van der Waals surface area contributed by atoms with Gasteiger partial charge in [0.2, 0.25) is 0 Å². The van der Waals surface area contributed by atoms with E-state index < -0.39 is 0 Å².